The first-order chi connectivity index (χ1) is 21.9. The number of piperidine rings is 1. The molecule has 1 saturated carbocycles. The van der Waals surface area contributed by atoms with E-state index < -0.39 is 5.66 Å². The third-order valence-corrected chi connectivity index (χ3v) is 8.78. The number of rotatable bonds is 12. The molecule has 2 aromatic carbocycles. The molecule has 7 rings (SSSR count). The molecule has 0 atom stereocenters. The van der Waals surface area contributed by atoms with Crippen molar-refractivity contribution >= 4 is 39.1 Å². The van der Waals surface area contributed by atoms with Crippen molar-refractivity contribution < 1.29 is 14.3 Å². The lowest BCUT2D eigenvalue weighted by atomic mass is 10.0. The summed E-state index contributed by atoms with van der Waals surface area (Å²) in [6.45, 7) is 2.24. The van der Waals surface area contributed by atoms with E-state index in [0.717, 1.165) is 42.4 Å². The van der Waals surface area contributed by atoms with Gasteiger partial charge in [0.05, 0.1) is 24.8 Å². The van der Waals surface area contributed by atoms with Crippen LogP contribution in [0.5, 0.6) is 11.8 Å². The average molecular weight is 608 g/mol. The summed E-state index contributed by atoms with van der Waals surface area (Å²) in [6.07, 6.45) is 15.7. The van der Waals surface area contributed by atoms with E-state index in [0.29, 0.717) is 66.0 Å². The largest absolute Gasteiger partial charge is 0.491 e. The molecule has 0 bridgehead atoms. The molecule has 0 radical (unpaired) electrons. The maximum absolute atomic E-state index is 13.8. The minimum Gasteiger partial charge on any atom is -0.491 e. The predicted molar refractivity (Wildman–Crippen MR) is 172 cm³/mol. The number of aromatic nitrogens is 4. The molecule has 2 aromatic heterocycles. The highest BCUT2D eigenvalue weighted by Gasteiger charge is 2.39. The number of ether oxygens (including phenoxy) is 2. The Morgan fingerprint density at radius 1 is 1.11 bits per heavy atom. The molecule has 45 heavy (non-hydrogen) atoms. The first kappa shape index (κ1) is 29.0. The number of carbonyl (C=O) groups excluding carboxylic acids is 1. The third-order valence-electron chi connectivity index (χ3n) is 8.78. The molecule has 12 heteroatoms. The molecule has 1 aliphatic carbocycles. The van der Waals surface area contributed by atoms with E-state index in [1.807, 2.05) is 31.4 Å². The number of aryl methyl sites for hydroxylation is 1. The van der Waals surface area contributed by atoms with Crippen LogP contribution in [0.25, 0.3) is 21.8 Å². The lowest BCUT2D eigenvalue weighted by Crippen LogP contribution is -2.43. The van der Waals surface area contributed by atoms with Gasteiger partial charge < -0.3 is 25.0 Å². The zero-order valence-electron chi connectivity index (χ0n) is 25.6. The smallest absolute Gasteiger partial charge is 0.316 e. The number of hydrogen-bond acceptors (Lipinski definition) is 10. The molecule has 4 aromatic rings. The van der Waals surface area contributed by atoms with Crippen LogP contribution >= 0.6 is 0 Å². The normalized spacial score (nSPS) is 17.4. The van der Waals surface area contributed by atoms with Crippen LogP contribution < -0.4 is 25.0 Å². The number of nitrogens with one attached hydrogen (secondary N) is 2. The molecule has 4 heterocycles. The fraction of sp³-hybridized carbons (Fsp3) is 0.455. The van der Waals surface area contributed by atoms with Gasteiger partial charge in [0, 0.05) is 92.1 Å². The Bertz CT molecular complexity index is 1810. The zero-order chi connectivity index (χ0) is 31.0. The molecule has 3 aliphatic rings. The van der Waals surface area contributed by atoms with Crippen molar-refractivity contribution in [3.8, 4) is 24.1 Å². The fourth-order valence-corrected chi connectivity index (χ4v) is 6.11. The summed E-state index contributed by atoms with van der Waals surface area (Å²) in [7, 11) is 3.38. The molecule has 0 unspecified atom stereocenters. The number of methoxy groups -OCH3 is 1. The SMILES string of the molecule is C#CCCC1(CCOc2cc(NC(=O)c3ccc(N4CCC(NC5CC5)CC4)c4cnc(OC)nc34)cc3cn(C)nc23)N=N1. The lowest BCUT2D eigenvalue weighted by molar-refractivity contribution is 0.102. The Morgan fingerprint density at radius 3 is 2.64 bits per heavy atom. The highest BCUT2D eigenvalue weighted by atomic mass is 16.5. The Morgan fingerprint density at radius 2 is 1.91 bits per heavy atom. The van der Waals surface area contributed by atoms with Gasteiger partial charge in [-0.05, 0) is 43.9 Å². The maximum atomic E-state index is 13.8. The van der Waals surface area contributed by atoms with E-state index in [-0.39, 0.29) is 11.9 Å². The molecular weight excluding hydrogens is 570 g/mol. The van der Waals surface area contributed by atoms with Gasteiger partial charge in [0.1, 0.15) is 11.3 Å². The first-order valence-corrected chi connectivity index (χ1v) is 15.6. The van der Waals surface area contributed by atoms with Crippen LogP contribution in [0.15, 0.2) is 46.9 Å². The van der Waals surface area contributed by atoms with Crippen molar-refractivity contribution in [3.63, 3.8) is 0 Å². The second-order valence-corrected chi connectivity index (χ2v) is 12.1. The topological polar surface area (TPSA) is 131 Å². The van der Waals surface area contributed by atoms with Crippen LogP contribution in [0.1, 0.15) is 55.3 Å². The standard InChI is InChI=1S/C33H37N9O3/c1-4-5-12-33(39-40-33)13-16-45-28-18-24(17-21-20-41(2)38-29(21)28)36-31(43)25-8-9-27(26-19-34-32(44-3)37-30(25)26)42-14-10-23(11-15-42)35-22-6-7-22/h1,8-9,17-20,22-23,35H,5-7,10-16H2,2-3H3,(H,36,43). The van der Waals surface area contributed by atoms with Crippen molar-refractivity contribution in [2.24, 2.45) is 17.3 Å². The van der Waals surface area contributed by atoms with Crippen LogP contribution in [0.3, 0.4) is 0 Å². The number of amides is 1. The number of nitrogens with zero attached hydrogens (tertiary/aromatic N) is 7. The van der Waals surface area contributed by atoms with Gasteiger partial charge in [-0.3, -0.25) is 9.48 Å². The number of hydrogen-bond donors (Lipinski definition) is 2. The molecule has 2 fully saturated rings. The van der Waals surface area contributed by atoms with Gasteiger partial charge in [-0.15, -0.1) is 12.3 Å². The Kier molecular flexibility index (Phi) is 7.71. The second kappa shape index (κ2) is 12.0. The van der Waals surface area contributed by atoms with Crippen molar-refractivity contribution in [1.82, 2.24) is 25.1 Å². The number of carbonyl (C=O) groups is 1. The Balaban J connectivity index is 1.12. The quantitative estimate of drug-likeness (QED) is 0.219. The number of anilines is 2. The summed E-state index contributed by atoms with van der Waals surface area (Å²) >= 11 is 0. The highest BCUT2D eigenvalue weighted by molar-refractivity contribution is 6.14. The highest BCUT2D eigenvalue weighted by Crippen LogP contribution is 2.38. The van der Waals surface area contributed by atoms with Gasteiger partial charge in [0.2, 0.25) is 0 Å². The van der Waals surface area contributed by atoms with E-state index in [2.05, 4.69) is 46.7 Å². The number of terminal acetylenes is 1. The van der Waals surface area contributed by atoms with Crippen LogP contribution in [0.2, 0.25) is 0 Å². The Labute approximate surface area is 261 Å². The third kappa shape index (κ3) is 6.26. The Hall–Kier alpha value is -4.76. The van der Waals surface area contributed by atoms with E-state index in [4.69, 9.17) is 15.9 Å². The van der Waals surface area contributed by atoms with E-state index in [1.54, 1.807) is 16.9 Å². The van der Waals surface area contributed by atoms with Gasteiger partial charge in [0.25, 0.3) is 5.91 Å². The monoisotopic (exact) mass is 607 g/mol. The summed E-state index contributed by atoms with van der Waals surface area (Å²) in [5.41, 5.74) is 2.85. The van der Waals surface area contributed by atoms with Crippen molar-refractivity contribution in [2.45, 2.75) is 62.7 Å². The van der Waals surface area contributed by atoms with Crippen LogP contribution in [-0.2, 0) is 7.05 Å². The van der Waals surface area contributed by atoms with E-state index in [1.165, 1.54) is 20.0 Å². The molecule has 232 valence electrons. The second-order valence-electron chi connectivity index (χ2n) is 12.1. The predicted octanol–water partition coefficient (Wildman–Crippen LogP) is 4.84. The molecule has 1 amide bonds. The van der Waals surface area contributed by atoms with Gasteiger partial charge in [-0.2, -0.15) is 20.3 Å². The van der Waals surface area contributed by atoms with E-state index >= 15 is 0 Å². The van der Waals surface area contributed by atoms with Crippen molar-refractivity contribution in [2.75, 3.05) is 37.0 Å². The summed E-state index contributed by atoms with van der Waals surface area (Å²) in [4.78, 5) is 25.2. The molecular formula is C33H37N9O3. The van der Waals surface area contributed by atoms with Gasteiger partial charge in [-0.25, -0.2) is 4.98 Å². The molecule has 1 saturated heterocycles. The van der Waals surface area contributed by atoms with Gasteiger partial charge in [-0.1, -0.05) is 0 Å². The first-order valence-electron chi connectivity index (χ1n) is 15.6. The minimum atomic E-state index is -0.443. The van der Waals surface area contributed by atoms with Gasteiger partial charge in [0.15, 0.2) is 5.66 Å². The summed E-state index contributed by atoms with van der Waals surface area (Å²) in [5, 5.41) is 21.5. The summed E-state index contributed by atoms with van der Waals surface area (Å²) in [5.74, 6) is 2.93. The molecule has 12 nitrogen and oxygen atoms in total. The molecule has 2 N–H and O–H groups in total. The summed E-state index contributed by atoms with van der Waals surface area (Å²) < 4.78 is 13.3. The van der Waals surface area contributed by atoms with E-state index in [9.17, 15) is 4.79 Å². The van der Waals surface area contributed by atoms with Crippen molar-refractivity contribution in [3.05, 3.63) is 42.2 Å². The molecule has 0 spiro atoms. The maximum Gasteiger partial charge on any atom is 0.316 e. The zero-order valence-corrected chi connectivity index (χ0v) is 25.6. The average Bonchev–Trinajstić information content (AvgIpc) is 3.98. The van der Waals surface area contributed by atoms with Crippen LogP contribution in [0, 0.1) is 12.3 Å². The van der Waals surface area contributed by atoms with Gasteiger partial charge >= 0.3 is 6.01 Å². The fourth-order valence-electron chi connectivity index (χ4n) is 6.11. The van der Waals surface area contributed by atoms with Crippen LogP contribution in [-0.4, -0.2) is 70.2 Å². The van der Waals surface area contributed by atoms with Crippen LogP contribution in [0.4, 0.5) is 11.4 Å². The lowest BCUT2D eigenvalue weighted by Gasteiger charge is -2.34. The number of benzene rings is 2. The number of fused-ring (bicyclic) bond motifs is 2. The van der Waals surface area contributed by atoms with Crippen molar-refractivity contribution in [1.29, 1.82) is 0 Å². The molecule has 2 aliphatic heterocycles. The minimum absolute atomic E-state index is 0.211. The summed E-state index contributed by atoms with van der Waals surface area (Å²) in [6, 6.07) is 9.00.